The zero-order valence-corrected chi connectivity index (χ0v) is 13.2. The van der Waals surface area contributed by atoms with E-state index >= 15 is 0 Å². The molecule has 0 spiro atoms. The third-order valence-electron chi connectivity index (χ3n) is 3.49. The molecule has 0 fully saturated rings. The lowest BCUT2D eigenvalue weighted by Crippen LogP contribution is -2.38. The molecule has 0 aliphatic carbocycles. The number of nitrogens with one attached hydrogen (secondary N) is 1. The van der Waals surface area contributed by atoms with E-state index < -0.39 is 6.04 Å². The Balaban J connectivity index is 2.11. The van der Waals surface area contributed by atoms with E-state index in [2.05, 4.69) is 29.8 Å². The molecule has 21 heavy (non-hydrogen) atoms. The number of benzene rings is 1. The van der Waals surface area contributed by atoms with Crippen LogP contribution in [0.25, 0.3) is 0 Å². The molecule has 1 heterocycles. The molecule has 0 radical (unpaired) electrons. The summed E-state index contributed by atoms with van der Waals surface area (Å²) in [4.78, 5) is 13.4. The van der Waals surface area contributed by atoms with Gasteiger partial charge < -0.3 is 4.74 Å². The largest absolute Gasteiger partial charge is 0.468 e. The zero-order chi connectivity index (χ0) is 15.1. The van der Waals surface area contributed by atoms with Crippen LogP contribution >= 0.6 is 11.3 Å². The normalized spacial score (nSPS) is 13.6. The highest BCUT2D eigenvalue weighted by Gasteiger charge is 2.24. The predicted molar refractivity (Wildman–Crippen MR) is 86.4 cm³/mol. The summed E-state index contributed by atoms with van der Waals surface area (Å²) in [7, 11) is 1.43. The lowest BCUT2D eigenvalue weighted by molar-refractivity contribution is -0.143. The smallest absolute Gasteiger partial charge is 0.327 e. The lowest BCUT2D eigenvalue weighted by atomic mass is 10.0. The first-order chi connectivity index (χ1) is 10.2. The van der Waals surface area contributed by atoms with E-state index in [4.69, 9.17) is 4.74 Å². The van der Waals surface area contributed by atoms with E-state index in [1.807, 2.05) is 30.3 Å². The summed E-state index contributed by atoms with van der Waals surface area (Å²) in [6.45, 7) is 2.13. The Hall–Kier alpha value is -1.65. The molecular formula is C17H21NO2S. The molecule has 0 amide bonds. The second-order valence-corrected chi connectivity index (χ2v) is 5.95. The number of hydrogen-bond donors (Lipinski definition) is 1. The van der Waals surface area contributed by atoms with Gasteiger partial charge in [-0.1, -0.05) is 43.3 Å². The SMILES string of the molecule is CCC(Cc1cccs1)NC(C(=O)OC)c1ccccc1. The van der Waals surface area contributed by atoms with Crippen LogP contribution in [-0.4, -0.2) is 19.1 Å². The van der Waals surface area contributed by atoms with E-state index in [0.29, 0.717) is 0 Å². The fourth-order valence-electron chi connectivity index (χ4n) is 2.29. The first-order valence-corrected chi connectivity index (χ1v) is 8.03. The van der Waals surface area contributed by atoms with E-state index in [9.17, 15) is 4.79 Å². The van der Waals surface area contributed by atoms with Gasteiger partial charge in [0.2, 0.25) is 0 Å². The minimum absolute atomic E-state index is 0.243. The molecule has 1 aromatic carbocycles. The van der Waals surface area contributed by atoms with E-state index in [-0.39, 0.29) is 12.0 Å². The van der Waals surface area contributed by atoms with Crippen LogP contribution in [0.15, 0.2) is 47.8 Å². The third kappa shape index (κ3) is 4.41. The number of carbonyl (C=O) groups is 1. The first kappa shape index (κ1) is 15.7. The van der Waals surface area contributed by atoms with Gasteiger partial charge in [-0.25, -0.2) is 4.79 Å². The van der Waals surface area contributed by atoms with Crippen molar-refractivity contribution in [3.05, 3.63) is 58.3 Å². The van der Waals surface area contributed by atoms with Gasteiger partial charge in [0.25, 0.3) is 0 Å². The maximum absolute atomic E-state index is 12.1. The van der Waals surface area contributed by atoms with Crippen LogP contribution < -0.4 is 5.32 Å². The second kappa shape index (κ2) is 7.96. The molecule has 112 valence electrons. The Bertz CT molecular complexity index is 539. The van der Waals surface area contributed by atoms with Gasteiger partial charge in [-0.2, -0.15) is 0 Å². The highest BCUT2D eigenvalue weighted by Crippen LogP contribution is 2.18. The molecule has 1 aromatic heterocycles. The van der Waals surface area contributed by atoms with Gasteiger partial charge in [-0.3, -0.25) is 5.32 Å². The van der Waals surface area contributed by atoms with Gasteiger partial charge >= 0.3 is 5.97 Å². The van der Waals surface area contributed by atoms with Crippen molar-refractivity contribution in [2.24, 2.45) is 0 Å². The van der Waals surface area contributed by atoms with Crippen molar-refractivity contribution in [2.75, 3.05) is 7.11 Å². The molecule has 0 bridgehead atoms. The predicted octanol–water partition coefficient (Wildman–Crippen LogP) is 3.57. The molecule has 0 aliphatic heterocycles. The Kier molecular flexibility index (Phi) is 5.96. The van der Waals surface area contributed by atoms with Crippen molar-refractivity contribution in [3.63, 3.8) is 0 Å². The van der Waals surface area contributed by atoms with E-state index in [0.717, 1.165) is 18.4 Å². The molecular weight excluding hydrogens is 282 g/mol. The van der Waals surface area contributed by atoms with Gasteiger partial charge in [0.15, 0.2) is 0 Å². The number of rotatable bonds is 7. The summed E-state index contributed by atoms with van der Waals surface area (Å²) >= 11 is 1.75. The fraction of sp³-hybridized carbons (Fsp3) is 0.353. The Morgan fingerprint density at radius 3 is 2.57 bits per heavy atom. The number of ether oxygens (including phenoxy) is 1. The van der Waals surface area contributed by atoms with Crippen LogP contribution in [0.4, 0.5) is 0 Å². The summed E-state index contributed by atoms with van der Waals surface area (Å²) in [5.41, 5.74) is 0.939. The first-order valence-electron chi connectivity index (χ1n) is 7.15. The van der Waals surface area contributed by atoms with Gasteiger partial charge in [0.05, 0.1) is 7.11 Å². The average Bonchev–Trinajstić information content (AvgIpc) is 3.04. The molecule has 0 saturated heterocycles. The molecule has 2 unspecified atom stereocenters. The molecule has 4 heteroatoms. The fourth-order valence-corrected chi connectivity index (χ4v) is 3.08. The van der Waals surface area contributed by atoms with Crippen LogP contribution in [0.2, 0.25) is 0 Å². The summed E-state index contributed by atoms with van der Waals surface area (Å²) in [5, 5.41) is 5.52. The highest BCUT2D eigenvalue weighted by molar-refractivity contribution is 7.09. The van der Waals surface area contributed by atoms with E-state index in [1.54, 1.807) is 11.3 Å². The molecule has 2 aromatic rings. The Morgan fingerprint density at radius 1 is 1.24 bits per heavy atom. The summed E-state index contributed by atoms with van der Waals surface area (Å²) < 4.78 is 4.95. The van der Waals surface area contributed by atoms with Crippen LogP contribution in [0.3, 0.4) is 0 Å². The number of thiophene rings is 1. The number of hydrogen-bond acceptors (Lipinski definition) is 4. The van der Waals surface area contributed by atoms with Crippen molar-refractivity contribution in [1.29, 1.82) is 0 Å². The topological polar surface area (TPSA) is 38.3 Å². The average molecular weight is 303 g/mol. The third-order valence-corrected chi connectivity index (χ3v) is 4.39. The van der Waals surface area contributed by atoms with Gasteiger partial charge in [0.1, 0.15) is 6.04 Å². The molecule has 2 rings (SSSR count). The minimum Gasteiger partial charge on any atom is -0.468 e. The van der Waals surface area contributed by atoms with Gasteiger partial charge in [-0.15, -0.1) is 11.3 Å². The molecule has 3 nitrogen and oxygen atoms in total. The van der Waals surface area contributed by atoms with Crippen LogP contribution in [0, 0.1) is 0 Å². The highest BCUT2D eigenvalue weighted by atomic mass is 32.1. The van der Waals surface area contributed by atoms with Crippen LogP contribution in [0.5, 0.6) is 0 Å². The maximum atomic E-state index is 12.1. The van der Waals surface area contributed by atoms with Crippen molar-refractivity contribution < 1.29 is 9.53 Å². The summed E-state index contributed by atoms with van der Waals surface area (Å²) in [6.07, 6.45) is 1.88. The minimum atomic E-state index is -0.416. The lowest BCUT2D eigenvalue weighted by Gasteiger charge is -2.23. The number of esters is 1. The standard InChI is InChI=1S/C17H21NO2S/c1-3-14(12-15-10-7-11-21-15)18-16(17(19)20-2)13-8-5-4-6-9-13/h4-11,14,16,18H,3,12H2,1-2H3. The van der Waals surface area contributed by atoms with Gasteiger partial charge in [-0.05, 0) is 29.9 Å². The second-order valence-electron chi connectivity index (χ2n) is 4.92. The van der Waals surface area contributed by atoms with Crippen molar-refractivity contribution in [3.8, 4) is 0 Å². The van der Waals surface area contributed by atoms with Crippen LogP contribution in [0.1, 0.15) is 29.8 Å². The van der Waals surface area contributed by atoms with Crippen LogP contribution in [-0.2, 0) is 16.0 Å². The van der Waals surface area contributed by atoms with Gasteiger partial charge in [0, 0.05) is 10.9 Å². The molecule has 2 atom stereocenters. The number of carbonyl (C=O) groups excluding carboxylic acids is 1. The quantitative estimate of drug-likeness (QED) is 0.795. The monoisotopic (exact) mass is 303 g/mol. The summed E-state index contributed by atoms with van der Waals surface area (Å²) in [5.74, 6) is -0.245. The molecule has 0 saturated carbocycles. The Morgan fingerprint density at radius 2 is 2.00 bits per heavy atom. The van der Waals surface area contributed by atoms with Crippen molar-refractivity contribution in [2.45, 2.75) is 31.8 Å². The van der Waals surface area contributed by atoms with Crippen molar-refractivity contribution in [1.82, 2.24) is 5.32 Å². The summed E-state index contributed by atoms with van der Waals surface area (Å²) in [6, 6.07) is 13.7. The number of methoxy groups -OCH3 is 1. The Labute approximate surface area is 130 Å². The maximum Gasteiger partial charge on any atom is 0.327 e. The van der Waals surface area contributed by atoms with E-state index in [1.165, 1.54) is 12.0 Å². The molecule has 0 aliphatic rings. The zero-order valence-electron chi connectivity index (χ0n) is 12.4. The van der Waals surface area contributed by atoms with Crippen molar-refractivity contribution >= 4 is 17.3 Å². The molecule has 1 N–H and O–H groups in total.